The zero-order chi connectivity index (χ0) is 14.5. The molecular weight excluding hydrogens is 291 g/mol. The second-order valence-corrected chi connectivity index (χ2v) is 3.82. The maximum absolute atomic E-state index is 11.8. The van der Waals surface area contributed by atoms with Gasteiger partial charge in [-0.2, -0.15) is 13.2 Å². The van der Waals surface area contributed by atoms with Gasteiger partial charge >= 0.3 is 11.9 Å². The number of benzene rings is 1. The fourth-order valence-corrected chi connectivity index (χ4v) is 1.31. The van der Waals surface area contributed by atoms with Crippen molar-refractivity contribution in [2.45, 2.75) is 6.18 Å². The van der Waals surface area contributed by atoms with E-state index in [1.807, 2.05) is 0 Å². The van der Waals surface area contributed by atoms with Gasteiger partial charge in [-0.25, -0.2) is 0 Å². The van der Waals surface area contributed by atoms with Crippen LogP contribution in [0.1, 0.15) is 0 Å². The van der Waals surface area contributed by atoms with E-state index in [1.165, 1.54) is 12.1 Å². The third-order valence-corrected chi connectivity index (χ3v) is 2.10. The Kier molecular flexibility index (Phi) is 5.37. The Morgan fingerprint density at radius 1 is 1.32 bits per heavy atom. The summed E-state index contributed by atoms with van der Waals surface area (Å²) in [6, 6.07) is 3.67. The molecule has 0 saturated carbocycles. The van der Waals surface area contributed by atoms with Crippen molar-refractivity contribution in [1.29, 1.82) is 0 Å². The summed E-state index contributed by atoms with van der Waals surface area (Å²) in [7, 11) is 0. The molecule has 1 aromatic rings. The van der Waals surface area contributed by atoms with E-state index in [2.05, 4.69) is 4.74 Å². The van der Waals surface area contributed by atoms with Crippen LogP contribution in [0.2, 0.25) is 5.02 Å². The van der Waals surface area contributed by atoms with Crippen LogP contribution in [0.3, 0.4) is 0 Å². The number of rotatable bonds is 6. The maximum atomic E-state index is 11.8. The smallest absolute Gasteiger partial charge is 0.411 e. The van der Waals surface area contributed by atoms with Gasteiger partial charge < -0.3 is 9.47 Å². The molecule has 0 spiro atoms. The van der Waals surface area contributed by atoms with Crippen LogP contribution in [0, 0.1) is 10.1 Å². The fourth-order valence-electron chi connectivity index (χ4n) is 1.15. The molecule has 0 saturated heterocycles. The Hall–Kier alpha value is -1.54. The first-order chi connectivity index (χ1) is 8.79. The molecule has 0 aromatic heterocycles. The first-order valence-corrected chi connectivity index (χ1v) is 5.38. The third kappa shape index (κ3) is 5.75. The highest BCUT2D eigenvalue weighted by atomic mass is 35.5. The summed E-state index contributed by atoms with van der Waals surface area (Å²) in [6.45, 7) is -1.99. The second kappa shape index (κ2) is 6.58. The van der Waals surface area contributed by atoms with Gasteiger partial charge in [0.2, 0.25) is 0 Å². The van der Waals surface area contributed by atoms with Crippen LogP contribution in [-0.4, -0.2) is 30.9 Å². The summed E-state index contributed by atoms with van der Waals surface area (Å²) in [5.41, 5.74) is -0.319. The van der Waals surface area contributed by atoms with Gasteiger partial charge in [0, 0.05) is 17.2 Å². The zero-order valence-corrected chi connectivity index (χ0v) is 10.2. The number of nitrogens with zero attached hydrogens (tertiary/aromatic N) is 1. The zero-order valence-electron chi connectivity index (χ0n) is 9.45. The van der Waals surface area contributed by atoms with Crippen molar-refractivity contribution in [3.63, 3.8) is 0 Å². The van der Waals surface area contributed by atoms with Gasteiger partial charge in [-0.1, -0.05) is 11.6 Å². The average Bonchev–Trinajstić information content (AvgIpc) is 2.26. The molecule has 0 bridgehead atoms. The van der Waals surface area contributed by atoms with Gasteiger partial charge in [-0.15, -0.1) is 0 Å². The highest BCUT2D eigenvalue weighted by Gasteiger charge is 2.27. The molecule has 19 heavy (non-hydrogen) atoms. The van der Waals surface area contributed by atoms with Crippen molar-refractivity contribution in [1.82, 2.24) is 0 Å². The van der Waals surface area contributed by atoms with Gasteiger partial charge in [-0.05, 0) is 6.07 Å². The van der Waals surface area contributed by atoms with E-state index < -0.39 is 17.7 Å². The van der Waals surface area contributed by atoms with Crippen molar-refractivity contribution in [2.75, 3.05) is 19.8 Å². The summed E-state index contributed by atoms with van der Waals surface area (Å²) < 4.78 is 44.5. The average molecular weight is 300 g/mol. The molecule has 0 amide bonds. The lowest BCUT2D eigenvalue weighted by molar-refractivity contribution is -0.385. The lowest BCUT2D eigenvalue weighted by Gasteiger charge is -2.09. The molecule has 5 nitrogen and oxygen atoms in total. The number of alkyl halides is 3. The molecule has 0 fully saturated rings. The molecule has 0 aliphatic rings. The van der Waals surface area contributed by atoms with Crippen LogP contribution in [0.25, 0.3) is 0 Å². The van der Waals surface area contributed by atoms with E-state index in [9.17, 15) is 23.3 Å². The molecular formula is C10H9ClF3NO4. The normalized spacial score (nSPS) is 11.4. The van der Waals surface area contributed by atoms with Gasteiger partial charge in [0.15, 0.2) is 5.75 Å². The van der Waals surface area contributed by atoms with Gasteiger partial charge in [-0.3, -0.25) is 10.1 Å². The highest BCUT2D eigenvalue weighted by Crippen LogP contribution is 2.29. The van der Waals surface area contributed by atoms with E-state index in [0.717, 1.165) is 6.07 Å². The predicted octanol–water partition coefficient (Wildman–Crippen LogP) is 3.21. The van der Waals surface area contributed by atoms with Crippen LogP contribution >= 0.6 is 11.6 Å². The molecule has 0 radical (unpaired) electrons. The SMILES string of the molecule is O=[N+]([O-])c1ccc(Cl)cc1OCCOCC(F)(F)F. The van der Waals surface area contributed by atoms with Crippen LogP contribution < -0.4 is 4.74 Å². The number of halogens is 4. The summed E-state index contributed by atoms with van der Waals surface area (Å²) in [4.78, 5) is 9.98. The van der Waals surface area contributed by atoms with Crippen molar-refractivity contribution >= 4 is 17.3 Å². The van der Waals surface area contributed by atoms with Gasteiger partial charge in [0.05, 0.1) is 11.5 Å². The minimum atomic E-state index is -4.41. The first-order valence-electron chi connectivity index (χ1n) is 5.01. The van der Waals surface area contributed by atoms with E-state index >= 15 is 0 Å². The van der Waals surface area contributed by atoms with E-state index in [-0.39, 0.29) is 29.7 Å². The Labute approximate surface area is 111 Å². The largest absolute Gasteiger partial charge is 0.484 e. The Morgan fingerprint density at radius 3 is 2.58 bits per heavy atom. The summed E-state index contributed by atoms with van der Waals surface area (Å²) in [5, 5.41) is 10.9. The lowest BCUT2D eigenvalue weighted by Crippen LogP contribution is -2.19. The number of hydrogen-bond acceptors (Lipinski definition) is 4. The van der Waals surface area contributed by atoms with Crippen LogP contribution in [-0.2, 0) is 4.74 Å². The van der Waals surface area contributed by atoms with Gasteiger partial charge in [0.25, 0.3) is 0 Å². The molecule has 0 aliphatic heterocycles. The van der Waals surface area contributed by atoms with Gasteiger partial charge in [0.1, 0.15) is 13.2 Å². The minimum Gasteiger partial charge on any atom is -0.484 e. The van der Waals surface area contributed by atoms with E-state index in [0.29, 0.717) is 0 Å². The van der Waals surface area contributed by atoms with Crippen LogP contribution in [0.4, 0.5) is 18.9 Å². The third-order valence-electron chi connectivity index (χ3n) is 1.87. The predicted molar refractivity (Wildman–Crippen MR) is 60.5 cm³/mol. The molecule has 0 heterocycles. The minimum absolute atomic E-state index is 0.117. The van der Waals surface area contributed by atoms with E-state index in [4.69, 9.17) is 16.3 Å². The Bertz CT molecular complexity index is 453. The number of nitro groups is 1. The van der Waals surface area contributed by atoms with E-state index in [1.54, 1.807) is 0 Å². The molecule has 106 valence electrons. The fraction of sp³-hybridized carbons (Fsp3) is 0.400. The number of hydrogen-bond donors (Lipinski definition) is 0. The molecule has 1 rings (SSSR count). The maximum Gasteiger partial charge on any atom is 0.411 e. The summed E-state index contributed by atoms with van der Waals surface area (Å²) in [6.07, 6.45) is -4.41. The van der Waals surface area contributed by atoms with Crippen LogP contribution in [0.5, 0.6) is 5.75 Å². The molecule has 9 heteroatoms. The number of ether oxygens (including phenoxy) is 2. The Balaban J connectivity index is 2.49. The molecule has 0 unspecified atom stereocenters. The monoisotopic (exact) mass is 299 g/mol. The molecule has 0 aliphatic carbocycles. The van der Waals surface area contributed by atoms with Crippen molar-refractivity contribution in [3.05, 3.63) is 33.3 Å². The second-order valence-electron chi connectivity index (χ2n) is 3.39. The number of nitro benzene ring substituents is 1. The van der Waals surface area contributed by atoms with Crippen molar-refractivity contribution in [2.24, 2.45) is 0 Å². The standard InChI is InChI=1S/C10H9ClF3NO4/c11-7-1-2-8(15(16)17)9(5-7)19-4-3-18-6-10(12,13)14/h1-2,5H,3-4,6H2. The Morgan fingerprint density at radius 2 is 2.00 bits per heavy atom. The molecule has 0 N–H and O–H groups in total. The topological polar surface area (TPSA) is 61.6 Å². The van der Waals surface area contributed by atoms with Crippen molar-refractivity contribution in [3.8, 4) is 5.75 Å². The summed E-state index contributed by atoms with van der Waals surface area (Å²) >= 11 is 5.64. The summed E-state index contributed by atoms with van der Waals surface area (Å²) in [5.74, 6) is -0.117. The van der Waals surface area contributed by atoms with Crippen molar-refractivity contribution < 1.29 is 27.6 Å². The van der Waals surface area contributed by atoms with Crippen LogP contribution in [0.15, 0.2) is 18.2 Å². The molecule has 1 aromatic carbocycles. The lowest BCUT2D eigenvalue weighted by atomic mass is 10.3. The first kappa shape index (κ1) is 15.5. The highest BCUT2D eigenvalue weighted by molar-refractivity contribution is 6.30. The quantitative estimate of drug-likeness (QED) is 0.460. The molecule has 0 atom stereocenters.